The SMILES string of the molecule is CCCc1c(C)ccc2c3cc(-c4ccc5c(c4)c4ccccc4n5-c4ccccc4)ccc3n(-c3ccccc3)c12. The van der Waals surface area contributed by atoms with Crippen LogP contribution in [-0.4, -0.2) is 9.13 Å². The van der Waals surface area contributed by atoms with E-state index in [1.165, 1.54) is 77.2 Å². The molecule has 8 rings (SSSR count). The maximum atomic E-state index is 2.48. The second-order valence-electron chi connectivity index (χ2n) is 11.3. The van der Waals surface area contributed by atoms with Crippen molar-refractivity contribution >= 4 is 43.6 Å². The number of para-hydroxylation sites is 3. The zero-order valence-corrected chi connectivity index (χ0v) is 24.0. The second-order valence-corrected chi connectivity index (χ2v) is 11.3. The molecule has 0 saturated carbocycles. The number of aryl methyl sites for hydroxylation is 2. The molecule has 0 atom stereocenters. The van der Waals surface area contributed by atoms with E-state index in [9.17, 15) is 0 Å². The fourth-order valence-corrected chi connectivity index (χ4v) is 6.88. The maximum Gasteiger partial charge on any atom is 0.0575 e. The Hall–Kier alpha value is -5.08. The Morgan fingerprint density at radius 1 is 0.476 bits per heavy atom. The molecule has 2 nitrogen and oxygen atoms in total. The number of hydrogen-bond donors (Lipinski definition) is 0. The van der Waals surface area contributed by atoms with Gasteiger partial charge in [0.2, 0.25) is 0 Å². The zero-order chi connectivity index (χ0) is 28.2. The van der Waals surface area contributed by atoms with Crippen LogP contribution in [0.3, 0.4) is 0 Å². The van der Waals surface area contributed by atoms with E-state index in [-0.39, 0.29) is 0 Å². The van der Waals surface area contributed by atoms with E-state index in [0.717, 1.165) is 12.8 Å². The van der Waals surface area contributed by atoms with Gasteiger partial charge >= 0.3 is 0 Å². The number of hydrogen-bond acceptors (Lipinski definition) is 0. The van der Waals surface area contributed by atoms with Gasteiger partial charge in [-0.3, -0.25) is 0 Å². The number of fused-ring (bicyclic) bond motifs is 6. The Morgan fingerprint density at radius 2 is 1.02 bits per heavy atom. The highest BCUT2D eigenvalue weighted by Gasteiger charge is 2.18. The van der Waals surface area contributed by atoms with Crippen molar-refractivity contribution in [2.45, 2.75) is 26.7 Å². The smallest absolute Gasteiger partial charge is 0.0575 e. The Morgan fingerprint density at radius 3 is 1.69 bits per heavy atom. The highest BCUT2D eigenvalue weighted by Crippen LogP contribution is 2.39. The van der Waals surface area contributed by atoms with Crippen LogP contribution in [0.15, 0.2) is 133 Å². The molecule has 0 bridgehead atoms. The van der Waals surface area contributed by atoms with Gasteiger partial charge in [0.1, 0.15) is 0 Å². The summed E-state index contributed by atoms with van der Waals surface area (Å²) in [4.78, 5) is 0. The van der Waals surface area contributed by atoms with Gasteiger partial charge in [-0.15, -0.1) is 0 Å². The lowest BCUT2D eigenvalue weighted by atomic mass is 9.98. The van der Waals surface area contributed by atoms with Crippen molar-refractivity contribution in [2.75, 3.05) is 0 Å². The van der Waals surface area contributed by atoms with Crippen LogP contribution >= 0.6 is 0 Å². The van der Waals surface area contributed by atoms with Gasteiger partial charge in [-0.2, -0.15) is 0 Å². The summed E-state index contributed by atoms with van der Waals surface area (Å²) in [5.74, 6) is 0. The van der Waals surface area contributed by atoms with Gasteiger partial charge in [0.05, 0.1) is 22.1 Å². The van der Waals surface area contributed by atoms with E-state index >= 15 is 0 Å². The highest BCUT2D eigenvalue weighted by atomic mass is 15.0. The van der Waals surface area contributed by atoms with E-state index < -0.39 is 0 Å². The lowest BCUT2D eigenvalue weighted by Gasteiger charge is -2.13. The summed E-state index contributed by atoms with van der Waals surface area (Å²) in [5, 5.41) is 5.18. The average Bonchev–Trinajstić information content (AvgIpc) is 3.55. The van der Waals surface area contributed by atoms with E-state index in [0.29, 0.717) is 0 Å². The average molecular weight is 541 g/mol. The second kappa shape index (κ2) is 9.78. The third kappa shape index (κ3) is 3.72. The molecule has 2 aromatic heterocycles. The maximum absolute atomic E-state index is 2.48. The summed E-state index contributed by atoms with van der Waals surface area (Å²) in [7, 11) is 0. The van der Waals surface area contributed by atoms with Gasteiger partial charge in [0.15, 0.2) is 0 Å². The molecule has 0 fully saturated rings. The first-order valence-electron chi connectivity index (χ1n) is 14.9. The van der Waals surface area contributed by atoms with Gasteiger partial charge in [0, 0.05) is 32.9 Å². The molecule has 2 heteroatoms. The molecule has 0 saturated heterocycles. The Balaban J connectivity index is 1.38. The van der Waals surface area contributed by atoms with Gasteiger partial charge < -0.3 is 9.13 Å². The summed E-state index contributed by atoms with van der Waals surface area (Å²) in [5.41, 5.74) is 12.8. The molecule has 0 amide bonds. The van der Waals surface area contributed by atoms with Crippen LogP contribution in [0.1, 0.15) is 24.5 Å². The van der Waals surface area contributed by atoms with Crippen molar-refractivity contribution in [2.24, 2.45) is 0 Å². The Kier molecular flexibility index (Phi) is 5.75. The van der Waals surface area contributed by atoms with Crippen molar-refractivity contribution in [1.82, 2.24) is 9.13 Å². The van der Waals surface area contributed by atoms with Crippen LogP contribution < -0.4 is 0 Å². The zero-order valence-electron chi connectivity index (χ0n) is 24.0. The van der Waals surface area contributed by atoms with Crippen LogP contribution in [-0.2, 0) is 6.42 Å². The topological polar surface area (TPSA) is 9.86 Å². The minimum absolute atomic E-state index is 1.07. The quantitative estimate of drug-likeness (QED) is 0.205. The molecule has 42 heavy (non-hydrogen) atoms. The van der Waals surface area contributed by atoms with E-state index in [2.05, 4.69) is 156 Å². The highest BCUT2D eigenvalue weighted by molar-refractivity contribution is 6.13. The van der Waals surface area contributed by atoms with E-state index in [1.807, 2.05) is 0 Å². The van der Waals surface area contributed by atoms with E-state index in [1.54, 1.807) is 0 Å². The molecule has 2 heterocycles. The number of aromatic nitrogens is 2. The summed E-state index contributed by atoms with van der Waals surface area (Å²) >= 11 is 0. The lowest BCUT2D eigenvalue weighted by molar-refractivity contribution is 0.914. The minimum Gasteiger partial charge on any atom is -0.309 e. The summed E-state index contributed by atoms with van der Waals surface area (Å²) in [6, 6.07) is 48.8. The first-order chi connectivity index (χ1) is 20.7. The summed E-state index contributed by atoms with van der Waals surface area (Å²) in [6.45, 7) is 4.53. The predicted molar refractivity (Wildman–Crippen MR) is 179 cm³/mol. The molecule has 6 aromatic carbocycles. The molecule has 0 aliphatic rings. The first kappa shape index (κ1) is 24.7. The molecule has 8 aromatic rings. The molecule has 0 radical (unpaired) electrons. The van der Waals surface area contributed by atoms with Gasteiger partial charge in [-0.05, 0) is 90.2 Å². The van der Waals surface area contributed by atoms with Crippen LogP contribution in [0.5, 0.6) is 0 Å². The monoisotopic (exact) mass is 540 g/mol. The molecular weight excluding hydrogens is 508 g/mol. The van der Waals surface area contributed by atoms with Crippen molar-refractivity contribution in [3.63, 3.8) is 0 Å². The standard InChI is InChI=1S/C40H32N2/c1-3-12-32-27(2)19-22-34-36-26-29(21-24-39(36)42(40(32)34)31-15-8-5-9-16-31)28-20-23-38-35(25-28)33-17-10-11-18-37(33)41(38)30-13-6-4-7-14-30/h4-11,13-26H,3,12H2,1-2H3. The van der Waals surface area contributed by atoms with Crippen molar-refractivity contribution < 1.29 is 0 Å². The Bertz CT molecular complexity index is 2250. The third-order valence-electron chi connectivity index (χ3n) is 8.80. The normalized spacial score (nSPS) is 11.8. The largest absolute Gasteiger partial charge is 0.309 e. The van der Waals surface area contributed by atoms with Crippen LogP contribution in [0.4, 0.5) is 0 Å². The van der Waals surface area contributed by atoms with Crippen molar-refractivity contribution in [1.29, 1.82) is 0 Å². The molecular formula is C40H32N2. The molecule has 0 spiro atoms. The van der Waals surface area contributed by atoms with Crippen LogP contribution in [0, 0.1) is 6.92 Å². The lowest BCUT2D eigenvalue weighted by Crippen LogP contribution is -1.98. The molecule has 0 unspecified atom stereocenters. The predicted octanol–water partition coefficient (Wildman–Crippen LogP) is 10.8. The summed E-state index contributed by atoms with van der Waals surface area (Å²) < 4.78 is 4.85. The van der Waals surface area contributed by atoms with E-state index in [4.69, 9.17) is 0 Å². The summed E-state index contributed by atoms with van der Waals surface area (Å²) in [6.07, 6.45) is 2.19. The molecule has 0 aliphatic heterocycles. The third-order valence-corrected chi connectivity index (χ3v) is 8.80. The van der Waals surface area contributed by atoms with Crippen LogP contribution in [0.25, 0.3) is 66.1 Å². The number of benzene rings is 6. The van der Waals surface area contributed by atoms with Gasteiger partial charge in [-0.1, -0.05) is 92.2 Å². The number of nitrogens with zero attached hydrogens (tertiary/aromatic N) is 2. The minimum atomic E-state index is 1.07. The van der Waals surface area contributed by atoms with Gasteiger partial charge in [0.25, 0.3) is 0 Å². The molecule has 0 N–H and O–H groups in total. The van der Waals surface area contributed by atoms with Crippen LogP contribution in [0.2, 0.25) is 0 Å². The molecule has 202 valence electrons. The first-order valence-corrected chi connectivity index (χ1v) is 14.9. The van der Waals surface area contributed by atoms with Gasteiger partial charge in [-0.25, -0.2) is 0 Å². The Labute approximate surface area is 246 Å². The molecule has 0 aliphatic carbocycles. The van der Waals surface area contributed by atoms with Crippen molar-refractivity contribution in [3.8, 4) is 22.5 Å². The fraction of sp³-hybridized carbons (Fsp3) is 0.100. The van der Waals surface area contributed by atoms with Crippen molar-refractivity contribution in [3.05, 3.63) is 145 Å². The fourth-order valence-electron chi connectivity index (χ4n) is 6.88. The number of rotatable bonds is 5.